The molecule has 2 heteroatoms. The van der Waals surface area contributed by atoms with Crippen LogP contribution in [0.25, 0.3) is 0 Å². The van der Waals surface area contributed by atoms with Crippen LogP contribution in [0.2, 0.25) is 0 Å². The summed E-state index contributed by atoms with van der Waals surface area (Å²) in [5.41, 5.74) is 12.2. The molecule has 20 heavy (non-hydrogen) atoms. The number of aromatic nitrogens is 1. The Morgan fingerprint density at radius 2 is 2.10 bits per heavy atom. The van der Waals surface area contributed by atoms with Crippen LogP contribution < -0.4 is 5.73 Å². The standard InChI is InChI=1S/C18H20N2/c1-11-8-9-20-10-15(11)18(19)17-14-7-6-12-4-2-3-5-13(12)16(14)17/h2-5,8-10,14,16-18H,6-7,19H2,1H3. The lowest BCUT2D eigenvalue weighted by Gasteiger charge is -2.14. The summed E-state index contributed by atoms with van der Waals surface area (Å²) in [6.07, 6.45) is 6.31. The summed E-state index contributed by atoms with van der Waals surface area (Å²) in [7, 11) is 0. The van der Waals surface area contributed by atoms with E-state index in [2.05, 4.69) is 42.2 Å². The van der Waals surface area contributed by atoms with Gasteiger partial charge in [0.25, 0.3) is 0 Å². The molecule has 1 aromatic heterocycles. The molecule has 1 fully saturated rings. The van der Waals surface area contributed by atoms with E-state index in [1.165, 1.54) is 29.5 Å². The first-order valence-electron chi connectivity index (χ1n) is 7.51. The molecule has 0 saturated heterocycles. The Hall–Kier alpha value is -1.67. The van der Waals surface area contributed by atoms with Crippen LogP contribution in [0, 0.1) is 18.8 Å². The van der Waals surface area contributed by atoms with Crippen molar-refractivity contribution in [2.45, 2.75) is 31.7 Å². The van der Waals surface area contributed by atoms with Crippen molar-refractivity contribution in [2.75, 3.05) is 0 Å². The molecule has 4 rings (SSSR count). The number of pyridine rings is 1. The SMILES string of the molecule is Cc1ccncc1C(N)C1C2CCc3ccccc3C21. The lowest BCUT2D eigenvalue weighted by molar-refractivity contribution is 0.552. The van der Waals surface area contributed by atoms with Crippen molar-refractivity contribution in [3.05, 3.63) is 65.0 Å². The zero-order valence-corrected chi connectivity index (χ0v) is 11.8. The van der Waals surface area contributed by atoms with Crippen LogP contribution in [0.1, 0.15) is 40.6 Å². The molecule has 2 N–H and O–H groups in total. The fourth-order valence-corrected chi connectivity index (χ4v) is 4.14. The van der Waals surface area contributed by atoms with Gasteiger partial charge >= 0.3 is 0 Å². The predicted octanol–water partition coefficient (Wildman–Crippen LogP) is 3.37. The molecule has 0 spiro atoms. The van der Waals surface area contributed by atoms with Crippen LogP contribution in [0.4, 0.5) is 0 Å². The van der Waals surface area contributed by atoms with Gasteiger partial charge in [-0.1, -0.05) is 24.3 Å². The second kappa shape index (κ2) is 4.42. The van der Waals surface area contributed by atoms with Crippen molar-refractivity contribution in [1.82, 2.24) is 4.98 Å². The highest BCUT2D eigenvalue weighted by Gasteiger charge is 2.55. The van der Waals surface area contributed by atoms with Gasteiger partial charge in [0.05, 0.1) is 0 Å². The average molecular weight is 264 g/mol. The Labute approximate surface area is 120 Å². The quantitative estimate of drug-likeness (QED) is 0.903. The zero-order chi connectivity index (χ0) is 13.7. The number of benzene rings is 1. The molecule has 1 saturated carbocycles. The van der Waals surface area contributed by atoms with Gasteiger partial charge in [-0.25, -0.2) is 0 Å². The van der Waals surface area contributed by atoms with E-state index in [9.17, 15) is 0 Å². The van der Waals surface area contributed by atoms with Gasteiger partial charge in [0, 0.05) is 18.4 Å². The van der Waals surface area contributed by atoms with Gasteiger partial charge in [-0.3, -0.25) is 4.98 Å². The van der Waals surface area contributed by atoms with E-state index in [0.29, 0.717) is 11.8 Å². The van der Waals surface area contributed by atoms with Gasteiger partial charge in [-0.15, -0.1) is 0 Å². The molecular formula is C18H20N2. The van der Waals surface area contributed by atoms with Crippen LogP contribution in [-0.4, -0.2) is 4.98 Å². The second-order valence-electron chi connectivity index (χ2n) is 6.26. The first-order valence-corrected chi connectivity index (χ1v) is 7.51. The lowest BCUT2D eigenvalue weighted by Crippen LogP contribution is -2.15. The molecule has 0 aliphatic heterocycles. The number of fused-ring (bicyclic) bond motifs is 3. The summed E-state index contributed by atoms with van der Waals surface area (Å²) in [5, 5.41) is 0. The molecule has 4 atom stereocenters. The van der Waals surface area contributed by atoms with E-state index in [1.807, 2.05) is 12.4 Å². The summed E-state index contributed by atoms with van der Waals surface area (Å²) in [6.45, 7) is 2.14. The van der Waals surface area contributed by atoms with Gasteiger partial charge in [0.15, 0.2) is 0 Å². The summed E-state index contributed by atoms with van der Waals surface area (Å²) in [5.74, 6) is 2.05. The average Bonchev–Trinajstić information content (AvgIpc) is 3.22. The highest BCUT2D eigenvalue weighted by atomic mass is 14.8. The highest BCUT2D eigenvalue weighted by molar-refractivity contribution is 5.41. The fraction of sp³-hybridized carbons (Fsp3) is 0.389. The van der Waals surface area contributed by atoms with Crippen molar-refractivity contribution >= 4 is 0 Å². The first kappa shape index (κ1) is 12.1. The second-order valence-corrected chi connectivity index (χ2v) is 6.26. The molecule has 4 unspecified atom stereocenters. The van der Waals surface area contributed by atoms with Crippen LogP contribution in [0.15, 0.2) is 42.7 Å². The first-order chi connectivity index (χ1) is 9.77. The van der Waals surface area contributed by atoms with Crippen LogP contribution in [0.5, 0.6) is 0 Å². The van der Waals surface area contributed by atoms with E-state index in [-0.39, 0.29) is 6.04 Å². The summed E-state index contributed by atoms with van der Waals surface area (Å²) in [4.78, 5) is 4.26. The van der Waals surface area contributed by atoms with Crippen LogP contribution in [-0.2, 0) is 6.42 Å². The molecule has 1 aromatic carbocycles. The maximum absolute atomic E-state index is 6.58. The molecule has 2 aromatic rings. The summed E-state index contributed by atoms with van der Waals surface area (Å²) in [6, 6.07) is 11.1. The number of hydrogen-bond donors (Lipinski definition) is 1. The van der Waals surface area contributed by atoms with Crippen LogP contribution in [0.3, 0.4) is 0 Å². The van der Waals surface area contributed by atoms with Crippen molar-refractivity contribution in [3.8, 4) is 0 Å². The maximum atomic E-state index is 6.58. The number of hydrogen-bond acceptors (Lipinski definition) is 2. The van der Waals surface area contributed by atoms with E-state index < -0.39 is 0 Å². The minimum absolute atomic E-state index is 0.129. The van der Waals surface area contributed by atoms with Crippen molar-refractivity contribution in [3.63, 3.8) is 0 Å². The molecule has 2 aliphatic carbocycles. The Morgan fingerprint density at radius 3 is 2.95 bits per heavy atom. The minimum Gasteiger partial charge on any atom is -0.324 e. The molecule has 2 nitrogen and oxygen atoms in total. The smallest absolute Gasteiger partial charge is 0.0350 e. The maximum Gasteiger partial charge on any atom is 0.0350 e. The Kier molecular flexibility index (Phi) is 2.67. The Bertz CT molecular complexity index is 649. The number of rotatable bonds is 2. The van der Waals surface area contributed by atoms with Gasteiger partial charge < -0.3 is 5.73 Å². The number of aryl methyl sites for hydroxylation is 2. The summed E-state index contributed by atoms with van der Waals surface area (Å²) >= 11 is 0. The monoisotopic (exact) mass is 264 g/mol. The predicted molar refractivity (Wildman–Crippen MR) is 80.4 cm³/mol. The largest absolute Gasteiger partial charge is 0.324 e. The Morgan fingerprint density at radius 1 is 1.25 bits per heavy atom. The third kappa shape index (κ3) is 1.71. The molecular weight excluding hydrogens is 244 g/mol. The van der Waals surface area contributed by atoms with Crippen molar-refractivity contribution in [2.24, 2.45) is 17.6 Å². The van der Waals surface area contributed by atoms with E-state index in [1.54, 1.807) is 5.56 Å². The number of nitrogens with zero attached hydrogens (tertiary/aromatic N) is 1. The van der Waals surface area contributed by atoms with Crippen LogP contribution >= 0.6 is 0 Å². The lowest BCUT2D eigenvalue weighted by atomic mass is 9.92. The zero-order valence-electron chi connectivity index (χ0n) is 11.8. The van der Waals surface area contributed by atoms with E-state index >= 15 is 0 Å². The third-order valence-electron chi connectivity index (χ3n) is 5.24. The normalized spacial score (nSPS) is 28.4. The molecule has 2 aliphatic rings. The third-order valence-corrected chi connectivity index (χ3v) is 5.24. The van der Waals surface area contributed by atoms with Gasteiger partial charge in [0.2, 0.25) is 0 Å². The highest BCUT2D eigenvalue weighted by Crippen LogP contribution is 2.63. The van der Waals surface area contributed by atoms with Gasteiger partial charge in [-0.2, -0.15) is 0 Å². The molecule has 1 heterocycles. The van der Waals surface area contributed by atoms with Crippen molar-refractivity contribution in [1.29, 1.82) is 0 Å². The molecule has 102 valence electrons. The number of nitrogens with two attached hydrogens (primary N) is 1. The van der Waals surface area contributed by atoms with E-state index in [0.717, 1.165) is 5.92 Å². The van der Waals surface area contributed by atoms with Gasteiger partial charge in [-0.05, 0) is 65.8 Å². The fourth-order valence-electron chi connectivity index (χ4n) is 4.14. The molecule has 0 radical (unpaired) electrons. The minimum atomic E-state index is 0.129. The molecule has 0 amide bonds. The van der Waals surface area contributed by atoms with Gasteiger partial charge in [0.1, 0.15) is 0 Å². The Balaban J connectivity index is 1.66. The van der Waals surface area contributed by atoms with E-state index in [4.69, 9.17) is 5.73 Å². The topological polar surface area (TPSA) is 38.9 Å². The van der Waals surface area contributed by atoms with Crippen molar-refractivity contribution < 1.29 is 0 Å². The summed E-state index contributed by atoms with van der Waals surface area (Å²) < 4.78 is 0. The molecule has 0 bridgehead atoms.